The minimum atomic E-state index is -0.376. The van der Waals surface area contributed by atoms with Crippen LogP contribution < -0.4 is 10.6 Å². The fraction of sp³-hybridized carbons (Fsp3) is 0.238. The summed E-state index contributed by atoms with van der Waals surface area (Å²) in [6, 6.07) is 3.28. The van der Waals surface area contributed by atoms with Crippen LogP contribution in [0.4, 0.5) is 16.0 Å². The molecule has 1 aliphatic carbocycles. The first-order valence-corrected chi connectivity index (χ1v) is 9.46. The molecule has 8 heteroatoms. The van der Waals surface area contributed by atoms with Gasteiger partial charge < -0.3 is 15.0 Å². The highest BCUT2D eigenvalue weighted by Gasteiger charge is 2.30. The largest absolute Gasteiger partial charge is 0.373 e. The van der Waals surface area contributed by atoms with Crippen molar-refractivity contribution in [3.05, 3.63) is 48.3 Å². The number of nitrogens with one attached hydrogen (secondary N) is 2. The van der Waals surface area contributed by atoms with Crippen molar-refractivity contribution in [3.8, 4) is 11.3 Å². The zero-order valence-electron chi connectivity index (χ0n) is 16.0. The Morgan fingerprint density at radius 3 is 2.76 bits per heavy atom. The van der Waals surface area contributed by atoms with Crippen molar-refractivity contribution >= 4 is 34.0 Å². The Labute approximate surface area is 166 Å². The molecule has 29 heavy (non-hydrogen) atoms. The Balaban J connectivity index is 1.67. The van der Waals surface area contributed by atoms with E-state index in [1.807, 2.05) is 19.2 Å². The van der Waals surface area contributed by atoms with Gasteiger partial charge in [0, 0.05) is 54.1 Å². The van der Waals surface area contributed by atoms with E-state index in [0.717, 1.165) is 34.7 Å². The molecule has 1 amide bonds. The van der Waals surface area contributed by atoms with Crippen LogP contribution in [0, 0.1) is 18.7 Å². The molecular formula is C21H19FN6O. The molecule has 2 N–H and O–H groups in total. The van der Waals surface area contributed by atoms with Crippen LogP contribution in [-0.2, 0) is 4.79 Å². The van der Waals surface area contributed by atoms with Crippen molar-refractivity contribution in [1.82, 2.24) is 19.4 Å². The number of amides is 1. The summed E-state index contributed by atoms with van der Waals surface area (Å²) in [6.45, 7) is 1.83. The van der Waals surface area contributed by atoms with E-state index in [0.29, 0.717) is 17.3 Å². The molecule has 0 aromatic carbocycles. The first-order chi connectivity index (χ1) is 14.0. The summed E-state index contributed by atoms with van der Waals surface area (Å²) in [5, 5.41) is 7.55. The number of hydrogen-bond acceptors (Lipinski definition) is 5. The SMILES string of the molecule is CNc1ncc(-c2cn3cc(C)cc(F)c3n2)c2cc(NC(=O)C3CC3)ncc12. The average Bonchev–Trinajstić information content (AvgIpc) is 3.47. The van der Waals surface area contributed by atoms with Gasteiger partial charge in [0.05, 0.1) is 5.69 Å². The van der Waals surface area contributed by atoms with Crippen molar-refractivity contribution in [1.29, 1.82) is 0 Å². The number of carbonyl (C=O) groups excluding carboxylic acids is 1. The predicted molar refractivity (Wildman–Crippen MR) is 109 cm³/mol. The lowest BCUT2D eigenvalue weighted by molar-refractivity contribution is -0.117. The smallest absolute Gasteiger partial charge is 0.228 e. The molecule has 0 atom stereocenters. The molecule has 1 saturated carbocycles. The third-order valence-corrected chi connectivity index (χ3v) is 5.13. The highest BCUT2D eigenvalue weighted by Crippen LogP contribution is 2.34. The number of anilines is 2. The van der Waals surface area contributed by atoms with E-state index >= 15 is 0 Å². The van der Waals surface area contributed by atoms with Crippen LogP contribution in [-0.4, -0.2) is 32.3 Å². The van der Waals surface area contributed by atoms with E-state index in [2.05, 4.69) is 25.6 Å². The molecule has 0 aliphatic heterocycles. The summed E-state index contributed by atoms with van der Waals surface area (Å²) in [6.07, 6.45) is 8.84. The molecule has 4 aromatic heterocycles. The molecule has 1 aliphatic rings. The number of aromatic nitrogens is 4. The fourth-order valence-corrected chi connectivity index (χ4v) is 3.50. The second-order valence-corrected chi connectivity index (χ2v) is 7.37. The number of fused-ring (bicyclic) bond motifs is 2. The second kappa shape index (κ2) is 6.51. The number of nitrogens with zero attached hydrogens (tertiary/aromatic N) is 4. The van der Waals surface area contributed by atoms with E-state index in [4.69, 9.17) is 0 Å². The van der Waals surface area contributed by atoms with Crippen molar-refractivity contribution < 1.29 is 9.18 Å². The molecule has 0 spiro atoms. The predicted octanol–water partition coefficient (Wildman–Crippen LogP) is 3.78. The Bertz CT molecular complexity index is 1280. The number of hydrogen-bond donors (Lipinski definition) is 2. The van der Waals surface area contributed by atoms with Gasteiger partial charge in [-0.15, -0.1) is 0 Å². The Kier molecular flexibility index (Phi) is 3.94. The Hall–Kier alpha value is -3.55. The molecule has 0 unspecified atom stereocenters. The number of rotatable bonds is 4. The number of halogens is 1. The van der Waals surface area contributed by atoms with Gasteiger partial charge in [-0.1, -0.05) is 0 Å². The summed E-state index contributed by atoms with van der Waals surface area (Å²) in [7, 11) is 1.79. The summed E-state index contributed by atoms with van der Waals surface area (Å²) in [4.78, 5) is 25.5. The topological polar surface area (TPSA) is 84.2 Å². The molecule has 146 valence electrons. The molecule has 4 aromatic rings. The van der Waals surface area contributed by atoms with Gasteiger partial charge in [-0.05, 0) is 37.5 Å². The first kappa shape index (κ1) is 17.5. The monoisotopic (exact) mass is 390 g/mol. The summed E-state index contributed by atoms with van der Waals surface area (Å²) < 4.78 is 16.0. The minimum Gasteiger partial charge on any atom is -0.373 e. The maximum atomic E-state index is 14.3. The van der Waals surface area contributed by atoms with Crippen LogP contribution in [0.25, 0.3) is 27.7 Å². The van der Waals surface area contributed by atoms with Crippen molar-refractivity contribution in [3.63, 3.8) is 0 Å². The van der Waals surface area contributed by atoms with Gasteiger partial charge in [0.2, 0.25) is 5.91 Å². The van der Waals surface area contributed by atoms with Gasteiger partial charge in [0.15, 0.2) is 11.5 Å². The summed E-state index contributed by atoms with van der Waals surface area (Å²) in [5.41, 5.74) is 2.40. The molecule has 4 heterocycles. The van der Waals surface area contributed by atoms with Gasteiger partial charge in [-0.2, -0.15) is 0 Å². The normalized spacial score (nSPS) is 13.8. The maximum absolute atomic E-state index is 14.3. The van der Waals surface area contributed by atoms with E-state index < -0.39 is 0 Å². The minimum absolute atomic E-state index is 0.00780. The fourth-order valence-electron chi connectivity index (χ4n) is 3.50. The number of pyridine rings is 3. The lowest BCUT2D eigenvalue weighted by atomic mass is 10.1. The van der Waals surface area contributed by atoms with E-state index in [-0.39, 0.29) is 23.3 Å². The van der Waals surface area contributed by atoms with Crippen molar-refractivity contribution in [2.24, 2.45) is 5.92 Å². The molecule has 5 rings (SSSR count). The highest BCUT2D eigenvalue weighted by atomic mass is 19.1. The zero-order chi connectivity index (χ0) is 20.1. The van der Waals surface area contributed by atoms with Crippen LogP contribution in [0.5, 0.6) is 0 Å². The number of aryl methyl sites for hydroxylation is 1. The van der Waals surface area contributed by atoms with Crippen LogP contribution in [0.3, 0.4) is 0 Å². The second-order valence-electron chi connectivity index (χ2n) is 7.37. The average molecular weight is 390 g/mol. The van der Waals surface area contributed by atoms with E-state index in [1.54, 1.807) is 30.0 Å². The lowest BCUT2D eigenvalue weighted by Crippen LogP contribution is -2.14. The number of carbonyl (C=O) groups is 1. The third-order valence-electron chi connectivity index (χ3n) is 5.13. The molecular weight excluding hydrogens is 371 g/mol. The first-order valence-electron chi connectivity index (χ1n) is 9.46. The molecule has 0 radical (unpaired) electrons. The van der Waals surface area contributed by atoms with Crippen LogP contribution in [0.15, 0.2) is 36.9 Å². The van der Waals surface area contributed by atoms with Gasteiger partial charge in [-0.3, -0.25) is 4.79 Å². The Morgan fingerprint density at radius 1 is 1.17 bits per heavy atom. The van der Waals surface area contributed by atoms with Crippen LogP contribution >= 0.6 is 0 Å². The number of imidazole rings is 1. The van der Waals surface area contributed by atoms with Crippen LogP contribution in [0.1, 0.15) is 18.4 Å². The van der Waals surface area contributed by atoms with E-state index in [9.17, 15) is 9.18 Å². The highest BCUT2D eigenvalue weighted by molar-refractivity contribution is 6.03. The zero-order valence-corrected chi connectivity index (χ0v) is 16.0. The van der Waals surface area contributed by atoms with Gasteiger partial charge in [-0.25, -0.2) is 19.3 Å². The lowest BCUT2D eigenvalue weighted by Gasteiger charge is -2.10. The van der Waals surface area contributed by atoms with Crippen molar-refractivity contribution in [2.75, 3.05) is 17.7 Å². The van der Waals surface area contributed by atoms with Gasteiger partial charge >= 0.3 is 0 Å². The molecule has 7 nitrogen and oxygen atoms in total. The molecule has 0 bridgehead atoms. The van der Waals surface area contributed by atoms with Gasteiger partial charge in [0.1, 0.15) is 11.6 Å². The van der Waals surface area contributed by atoms with Crippen molar-refractivity contribution in [2.45, 2.75) is 19.8 Å². The van der Waals surface area contributed by atoms with E-state index in [1.165, 1.54) is 6.07 Å². The summed E-state index contributed by atoms with van der Waals surface area (Å²) >= 11 is 0. The summed E-state index contributed by atoms with van der Waals surface area (Å²) in [5.74, 6) is 0.852. The third kappa shape index (κ3) is 3.06. The quantitative estimate of drug-likeness (QED) is 0.554. The maximum Gasteiger partial charge on any atom is 0.228 e. The van der Waals surface area contributed by atoms with Gasteiger partial charge in [0.25, 0.3) is 0 Å². The standard InChI is InChI=1S/C21H19FN6O/c1-11-5-16(22)20-26-17(10-28(20)9-11)14-7-25-19(23-2)15-8-24-18(6-13(14)15)27-21(29)12-3-4-12/h5-10,12H,3-4H2,1-2H3,(H,23,25)(H,24,27,29). The Morgan fingerprint density at radius 2 is 2.00 bits per heavy atom. The molecule has 1 fully saturated rings. The van der Waals surface area contributed by atoms with Crippen LogP contribution in [0.2, 0.25) is 0 Å². The molecule has 0 saturated heterocycles.